The molecule has 0 saturated carbocycles. The van der Waals surface area contributed by atoms with Crippen LogP contribution < -0.4 is 10.6 Å². The molecule has 4 aliphatic heterocycles. The van der Waals surface area contributed by atoms with Gasteiger partial charge >= 0.3 is 6.18 Å². The van der Waals surface area contributed by atoms with Crippen molar-refractivity contribution in [2.45, 2.75) is 63.6 Å². The molecule has 4 heterocycles. The zero-order chi connectivity index (χ0) is 24.1. The summed E-state index contributed by atoms with van der Waals surface area (Å²) in [4.78, 5) is 33.0. The molecule has 10 heteroatoms. The van der Waals surface area contributed by atoms with Crippen LogP contribution in [0, 0.1) is 17.8 Å². The third-order valence-corrected chi connectivity index (χ3v) is 8.45. The molecule has 0 radical (unpaired) electrons. The number of hydrogen-bond donors (Lipinski definition) is 2. The highest BCUT2D eigenvalue weighted by atomic mass is 32.2. The van der Waals surface area contributed by atoms with Gasteiger partial charge in [-0.05, 0) is 44.4 Å². The minimum atomic E-state index is -4.19. The maximum atomic E-state index is 12.8. The number of amides is 2. The molecule has 2 saturated heterocycles. The maximum absolute atomic E-state index is 12.8. The van der Waals surface area contributed by atoms with Crippen LogP contribution in [-0.4, -0.2) is 61.3 Å². The molecule has 0 bridgehead atoms. The van der Waals surface area contributed by atoms with Crippen LogP contribution in [0.15, 0.2) is 27.1 Å². The number of allylic oxidation sites excluding steroid dienone is 2. The summed E-state index contributed by atoms with van der Waals surface area (Å²) in [7, 11) is 0. The monoisotopic (exact) mass is 498 g/mol. The normalized spacial score (nSPS) is 27.7. The largest absolute Gasteiger partial charge is 0.393 e. The highest BCUT2D eigenvalue weighted by Crippen LogP contribution is 2.42. The van der Waals surface area contributed by atoms with Gasteiger partial charge < -0.3 is 15.5 Å². The van der Waals surface area contributed by atoms with E-state index < -0.39 is 18.1 Å². The van der Waals surface area contributed by atoms with E-state index in [0.717, 1.165) is 48.3 Å². The molecule has 3 atom stereocenters. The lowest BCUT2D eigenvalue weighted by Gasteiger charge is -2.37. The summed E-state index contributed by atoms with van der Waals surface area (Å²) in [5.74, 6) is -0.562. The average Bonchev–Trinajstić information content (AvgIpc) is 3.28. The summed E-state index contributed by atoms with van der Waals surface area (Å²) in [5, 5.41) is 5.83. The number of nitrogens with zero attached hydrogens (tertiary/aromatic N) is 2. The molecule has 6 nitrogen and oxygen atoms in total. The Morgan fingerprint density at radius 2 is 1.97 bits per heavy atom. The molecule has 188 valence electrons. The first-order chi connectivity index (χ1) is 16.3. The van der Waals surface area contributed by atoms with E-state index in [4.69, 9.17) is 0 Å². The van der Waals surface area contributed by atoms with E-state index in [1.54, 1.807) is 0 Å². The van der Waals surface area contributed by atoms with Gasteiger partial charge in [-0.25, -0.2) is 0 Å². The smallest absolute Gasteiger partial charge is 0.352 e. The van der Waals surface area contributed by atoms with Crippen LogP contribution >= 0.6 is 11.8 Å². The Labute approximate surface area is 202 Å². The number of fused-ring (bicyclic) bond motifs is 1. The zero-order valence-electron chi connectivity index (χ0n) is 19.3. The van der Waals surface area contributed by atoms with Crippen LogP contribution in [0.4, 0.5) is 13.2 Å². The summed E-state index contributed by atoms with van der Waals surface area (Å²) in [5.41, 5.74) is 0. The third kappa shape index (κ3) is 6.44. The second kappa shape index (κ2) is 11.3. The fourth-order valence-corrected chi connectivity index (χ4v) is 6.17. The Bertz CT molecular complexity index is 842. The summed E-state index contributed by atoms with van der Waals surface area (Å²) in [6, 6.07) is -0.486. The molecule has 0 spiro atoms. The molecule has 34 heavy (non-hydrogen) atoms. The molecular weight excluding hydrogens is 465 g/mol. The Hall–Kier alpha value is -1.81. The molecule has 2 fully saturated rings. The Balaban J connectivity index is 1.07. The van der Waals surface area contributed by atoms with Crippen molar-refractivity contribution in [2.24, 2.45) is 22.7 Å². The number of likely N-dealkylation sites (tertiary alicyclic amines) is 1. The first kappa shape index (κ1) is 25.3. The van der Waals surface area contributed by atoms with E-state index in [2.05, 4.69) is 15.6 Å². The number of carbonyl (C=O) groups is 2. The van der Waals surface area contributed by atoms with E-state index in [9.17, 15) is 22.8 Å². The SMILES string of the molecule is O=C(NCCCCC1CCN(C(=O)C2CCC(C(F)(F)F)CN2)CC1)C1=CC2CC=NC=C2S1. The maximum Gasteiger partial charge on any atom is 0.393 e. The van der Waals surface area contributed by atoms with Gasteiger partial charge in [-0.3, -0.25) is 14.6 Å². The van der Waals surface area contributed by atoms with E-state index in [0.29, 0.717) is 31.5 Å². The molecule has 0 aliphatic carbocycles. The predicted molar refractivity (Wildman–Crippen MR) is 127 cm³/mol. The first-order valence-electron chi connectivity index (χ1n) is 12.3. The van der Waals surface area contributed by atoms with Crippen LogP contribution in [0.5, 0.6) is 0 Å². The van der Waals surface area contributed by atoms with Crippen LogP contribution in [0.2, 0.25) is 0 Å². The lowest BCUT2D eigenvalue weighted by Crippen LogP contribution is -2.53. The molecule has 4 rings (SSSR count). The third-order valence-electron chi connectivity index (χ3n) is 7.26. The number of piperidine rings is 2. The van der Waals surface area contributed by atoms with Gasteiger partial charge in [0.15, 0.2) is 0 Å². The molecule has 0 aromatic heterocycles. The van der Waals surface area contributed by atoms with E-state index in [-0.39, 0.29) is 31.2 Å². The standard InChI is InChI=1S/C24H33F3N4O2S/c25-24(26,27)18-4-5-19(30-14-18)23(33)31-11-7-16(8-12-31)3-1-2-9-29-22(32)20-13-17-6-10-28-15-21(17)34-20/h10,13,15-19,30H,1-9,11-12,14H2,(H,29,32). The minimum absolute atomic E-state index is 0.00926. The van der Waals surface area contributed by atoms with Crippen molar-refractivity contribution in [1.29, 1.82) is 0 Å². The summed E-state index contributed by atoms with van der Waals surface area (Å²) in [6.45, 7) is 1.83. The van der Waals surface area contributed by atoms with Gasteiger partial charge in [0.25, 0.3) is 5.91 Å². The number of alkyl halides is 3. The second-order valence-electron chi connectivity index (χ2n) is 9.64. The lowest BCUT2D eigenvalue weighted by molar-refractivity contribution is -0.180. The molecule has 3 unspecified atom stereocenters. The summed E-state index contributed by atoms with van der Waals surface area (Å²) in [6.07, 6.45) is 7.54. The van der Waals surface area contributed by atoms with Gasteiger partial charge in [-0.15, -0.1) is 0 Å². The van der Waals surface area contributed by atoms with Gasteiger partial charge in [0.1, 0.15) is 0 Å². The van der Waals surface area contributed by atoms with Gasteiger partial charge in [0.05, 0.1) is 16.9 Å². The number of thioether (sulfide) groups is 1. The van der Waals surface area contributed by atoms with Crippen molar-refractivity contribution < 1.29 is 22.8 Å². The van der Waals surface area contributed by atoms with Crippen molar-refractivity contribution in [2.75, 3.05) is 26.2 Å². The van der Waals surface area contributed by atoms with Gasteiger partial charge in [0, 0.05) is 49.4 Å². The Morgan fingerprint density at radius 1 is 1.18 bits per heavy atom. The predicted octanol–water partition coefficient (Wildman–Crippen LogP) is 4.00. The number of nitrogens with one attached hydrogen (secondary N) is 2. The van der Waals surface area contributed by atoms with Gasteiger partial charge in [-0.2, -0.15) is 13.2 Å². The highest BCUT2D eigenvalue weighted by molar-refractivity contribution is 8.07. The summed E-state index contributed by atoms with van der Waals surface area (Å²) >= 11 is 1.51. The van der Waals surface area contributed by atoms with Crippen LogP contribution in [-0.2, 0) is 9.59 Å². The van der Waals surface area contributed by atoms with Crippen molar-refractivity contribution in [1.82, 2.24) is 15.5 Å². The van der Waals surface area contributed by atoms with Crippen LogP contribution in [0.1, 0.15) is 51.4 Å². The fraction of sp³-hybridized carbons (Fsp3) is 0.708. The van der Waals surface area contributed by atoms with Crippen molar-refractivity contribution in [3.05, 3.63) is 22.1 Å². The number of carbonyl (C=O) groups excluding carboxylic acids is 2. The molecule has 0 aromatic carbocycles. The Kier molecular flexibility index (Phi) is 8.39. The van der Waals surface area contributed by atoms with Crippen molar-refractivity contribution in [3.8, 4) is 0 Å². The molecule has 2 N–H and O–H groups in total. The number of halogens is 3. The fourth-order valence-electron chi connectivity index (χ4n) is 5.09. The number of aliphatic imine (C=N–C) groups is 1. The van der Waals surface area contributed by atoms with Crippen LogP contribution in [0.25, 0.3) is 0 Å². The lowest BCUT2D eigenvalue weighted by atomic mass is 9.90. The number of rotatable bonds is 7. The first-order valence-corrected chi connectivity index (χ1v) is 13.1. The molecule has 4 aliphatic rings. The topological polar surface area (TPSA) is 73.8 Å². The van der Waals surface area contributed by atoms with Crippen LogP contribution in [0.3, 0.4) is 0 Å². The van der Waals surface area contributed by atoms with Crippen molar-refractivity contribution in [3.63, 3.8) is 0 Å². The van der Waals surface area contributed by atoms with E-state index in [1.807, 2.05) is 23.4 Å². The minimum Gasteiger partial charge on any atom is -0.352 e. The molecule has 2 amide bonds. The Morgan fingerprint density at radius 3 is 2.65 bits per heavy atom. The highest BCUT2D eigenvalue weighted by Gasteiger charge is 2.43. The second-order valence-corrected chi connectivity index (χ2v) is 10.8. The van der Waals surface area contributed by atoms with Gasteiger partial charge in [0.2, 0.25) is 5.91 Å². The molecular formula is C24H33F3N4O2S. The van der Waals surface area contributed by atoms with Gasteiger partial charge in [-0.1, -0.05) is 30.7 Å². The van der Waals surface area contributed by atoms with E-state index in [1.165, 1.54) is 11.8 Å². The number of unbranched alkanes of at least 4 members (excludes halogenated alkanes) is 1. The zero-order valence-corrected chi connectivity index (χ0v) is 20.1. The average molecular weight is 499 g/mol. The van der Waals surface area contributed by atoms with Crippen molar-refractivity contribution >= 4 is 29.8 Å². The molecule has 0 aromatic rings. The quantitative estimate of drug-likeness (QED) is 0.521. The number of hydrogen-bond acceptors (Lipinski definition) is 5. The summed E-state index contributed by atoms with van der Waals surface area (Å²) < 4.78 is 38.5. The van der Waals surface area contributed by atoms with E-state index >= 15 is 0 Å².